The zero-order valence-corrected chi connectivity index (χ0v) is 9.11. The molecular formula is C10H19NOS. The molecule has 0 radical (unpaired) electrons. The Morgan fingerprint density at radius 2 is 2.23 bits per heavy atom. The Balaban J connectivity index is 1.73. The molecule has 0 amide bonds. The van der Waals surface area contributed by atoms with E-state index in [4.69, 9.17) is 4.74 Å². The van der Waals surface area contributed by atoms with E-state index in [-0.39, 0.29) is 0 Å². The molecule has 76 valence electrons. The minimum Gasteiger partial charge on any atom is -0.378 e. The van der Waals surface area contributed by atoms with E-state index in [2.05, 4.69) is 24.0 Å². The van der Waals surface area contributed by atoms with Crippen molar-refractivity contribution < 1.29 is 4.74 Å². The van der Waals surface area contributed by atoms with E-state index in [1.807, 2.05) is 0 Å². The number of hydrogen-bond donors (Lipinski definition) is 1. The van der Waals surface area contributed by atoms with Crippen LogP contribution in [0.15, 0.2) is 0 Å². The van der Waals surface area contributed by atoms with E-state index in [1.54, 1.807) is 0 Å². The lowest BCUT2D eigenvalue weighted by molar-refractivity contribution is 0.0118. The maximum atomic E-state index is 5.53. The van der Waals surface area contributed by atoms with Crippen LogP contribution in [0.4, 0.5) is 0 Å². The summed E-state index contributed by atoms with van der Waals surface area (Å²) in [4.78, 5) is 0. The number of rotatable bonds is 2. The van der Waals surface area contributed by atoms with Crippen LogP contribution in [0.25, 0.3) is 0 Å². The monoisotopic (exact) mass is 201 g/mol. The fourth-order valence-electron chi connectivity index (χ4n) is 2.15. The van der Waals surface area contributed by atoms with Crippen molar-refractivity contribution in [3.8, 4) is 0 Å². The summed E-state index contributed by atoms with van der Waals surface area (Å²) in [7, 11) is 0. The summed E-state index contributed by atoms with van der Waals surface area (Å²) in [5.41, 5.74) is 0. The maximum absolute atomic E-state index is 5.53. The molecule has 2 aliphatic heterocycles. The predicted molar refractivity (Wildman–Crippen MR) is 57.3 cm³/mol. The second-order valence-electron chi connectivity index (χ2n) is 4.13. The van der Waals surface area contributed by atoms with Crippen molar-refractivity contribution in [3.05, 3.63) is 0 Å². The minimum absolute atomic E-state index is 0.459. The molecule has 3 unspecified atom stereocenters. The molecule has 2 nitrogen and oxygen atoms in total. The van der Waals surface area contributed by atoms with E-state index in [0.29, 0.717) is 12.1 Å². The van der Waals surface area contributed by atoms with Crippen LogP contribution >= 0.6 is 11.8 Å². The molecule has 0 saturated carbocycles. The largest absolute Gasteiger partial charge is 0.378 e. The lowest BCUT2D eigenvalue weighted by Crippen LogP contribution is -2.43. The van der Waals surface area contributed by atoms with Crippen molar-refractivity contribution in [2.45, 2.75) is 44.4 Å². The number of thioether (sulfide) groups is 1. The molecule has 0 aliphatic carbocycles. The third-order valence-corrected chi connectivity index (χ3v) is 4.05. The molecule has 13 heavy (non-hydrogen) atoms. The van der Waals surface area contributed by atoms with Crippen molar-refractivity contribution in [1.29, 1.82) is 0 Å². The van der Waals surface area contributed by atoms with Crippen LogP contribution in [-0.2, 0) is 4.74 Å². The SMILES string of the molecule is CC1CC(NC2CCSC2)CCO1. The standard InChI is InChI=1S/C10H19NOS/c1-8-6-9(2-4-12-8)11-10-3-5-13-7-10/h8-11H,2-7H2,1H3. The first-order valence-corrected chi connectivity index (χ1v) is 6.45. The molecule has 0 aromatic heterocycles. The van der Waals surface area contributed by atoms with Gasteiger partial charge in [-0.1, -0.05) is 0 Å². The van der Waals surface area contributed by atoms with Crippen LogP contribution in [0.3, 0.4) is 0 Å². The molecule has 3 atom stereocenters. The van der Waals surface area contributed by atoms with Crippen LogP contribution in [0.1, 0.15) is 26.2 Å². The van der Waals surface area contributed by atoms with Crippen LogP contribution in [0, 0.1) is 0 Å². The topological polar surface area (TPSA) is 21.3 Å². The summed E-state index contributed by atoms with van der Waals surface area (Å²) in [6, 6.07) is 1.49. The zero-order chi connectivity index (χ0) is 9.10. The van der Waals surface area contributed by atoms with Crippen LogP contribution in [0.5, 0.6) is 0 Å². The Morgan fingerprint density at radius 1 is 1.31 bits per heavy atom. The number of hydrogen-bond acceptors (Lipinski definition) is 3. The van der Waals surface area contributed by atoms with Crippen LogP contribution in [0.2, 0.25) is 0 Å². The minimum atomic E-state index is 0.459. The highest BCUT2D eigenvalue weighted by molar-refractivity contribution is 7.99. The average molecular weight is 201 g/mol. The fourth-order valence-corrected chi connectivity index (χ4v) is 3.31. The molecule has 0 spiro atoms. The number of ether oxygens (including phenoxy) is 1. The second-order valence-corrected chi connectivity index (χ2v) is 5.28. The maximum Gasteiger partial charge on any atom is 0.0561 e. The summed E-state index contributed by atoms with van der Waals surface area (Å²) < 4.78 is 5.53. The summed E-state index contributed by atoms with van der Waals surface area (Å²) in [5.74, 6) is 2.65. The zero-order valence-electron chi connectivity index (χ0n) is 8.29. The van der Waals surface area contributed by atoms with E-state index >= 15 is 0 Å². The van der Waals surface area contributed by atoms with Crippen LogP contribution in [-0.4, -0.2) is 36.3 Å². The van der Waals surface area contributed by atoms with Gasteiger partial charge in [-0.3, -0.25) is 0 Å². The van der Waals surface area contributed by atoms with Gasteiger partial charge in [0.1, 0.15) is 0 Å². The van der Waals surface area contributed by atoms with Gasteiger partial charge in [-0.15, -0.1) is 0 Å². The van der Waals surface area contributed by atoms with Gasteiger partial charge >= 0.3 is 0 Å². The van der Waals surface area contributed by atoms with E-state index < -0.39 is 0 Å². The van der Waals surface area contributed by atoms with Gasteiger partial charge in [0.05, 0.1) is 6.10 Å². The third-order valence-electron chi connectivity index (χ3n) is 2.89. The van der Waals surface area contributed by atoms with Gasteiger partial charge in [0.25, 0.3) is 0 Å². The average Bonchev–Trinajstić information content (AvgIpc) is 2.57. The first-order chi connectivity index (χ1) is 6.34. The lowest BCUT2D eigenvalue weighted by atomic mass is 10.0. The first kappa shape index (κ1) is 9.81. The summed E-state index contributed by atoms with van der Waals surface area (Å²) in [6.45, 7) is 3.12. The lowest BCUT2D eigenvalue weighted by Gasteiger charge is -2.30. The second kappa shape index (κ2) is 4.67. The third kappa shape index (κ3) is 2.86. The van der Waals surface area contributed by atoms with E-state index in [9.17, 15) is 0 Å². The number of nitrogens with one attached hydrogen (secondary N) is 1. The Labute approximate surface area is 84.8 Å². The van der Waals surface area contributed by atoms with Crippen molar-refractivity contribution in [1.82, 2.24) is 5.32 Å². The molecular weight excluding hydrogens is 182 g/mol. The summed E-state index contributed by atoms with van der Waals surface area (Å²) in [5, 5.41) is 3.75. The van der Waals surface area contributed by atoms with Crippen molar-refractivity contribution in [2.75, 3.05) is 18.1 Å². The molecule has 2 fully saturated rings. The highest BCUT2D eigenvalue weighted by atomic mass is 32.2. The smallest absolute Gasteiger partial charge is 0.0561 e. The van der Waals surface area contributed by atoms with E-state index in [0.717, 1.165) is 12.6 Å². The molecule has 2 aliphatic rings. The molecule has 3 heteroatoms. The Hall–Kier alpha value is 0.270. The van der Waals surface area contributed by atoms with Gasteiger partial charge in [0.2, 0.25) is 0 Å². The van der Waals surface area contributed by atoms with Gasteiger partial charge in [-0.05, 0) is 31.9 Å². The Morgan fingerprint density at radius 3 is 2.92 bits per heavy atom. The van der Waals surface area contributed by atoms with Crippen molar-refractivity contribution in [2.24, 2.45) is 0 Å². The van der Waals surface area contributed by atoms with Crippen molar-refractivity contribution >= 4 is 11.8 Å². The van der Waals surface area contributed by atoms with Crippen molar-refractivity contribution in [3.63, 3.8) is 0 Å². The molecule has 2 heterocycles. The summed E-state index contributed by atoms with van der Waals surface area (Å²) >= 11 is 2.08. The molecule has 0 aromatic rings. The Bertz CT molecular complexity index is 159. The normalized spacial score (nSPS) is 40.8. The molecule has 0 bridgehead atoms. The van der Waals surface area contributed by atoms with Gasteiger partial charge in [0.15, 0.2) is 0 Å². The fraction of sp³-hybridized carbons (Fsp3) is 1.00. The van der Waals surface area contributed by atoms with Gasteiger partial charge in [0, 0.05) is 24.4 Å². The molecule has 2 saturated heterocycles. The first-order valence-electron chi connectivity index (χ1n) is 5.30. The van der Waals surface area contributed by atoms with Crippen LogP contribution < -0.4 is 5.32 Å². The quantitative estimate of drug-likeness (QED) is 0.734. The van der Waals surface area contributed by atoms with Gasteiger partial charge in [-0.2, -0.15) is 11.8 Å². The Kier molecular flexibility index (Phi) is 3.52. The van der Waals surface area contributed by atoms with Gasteiger partial charge < -0.3 is 10.1 Å². The highest BCUT2D eigenvalue weighted by Gasteiger charge is 2.23. The van der Waals surface area contributed by atoms with Gasteiger partial charge in [-0.25, -0.2) is 0 Å². The summed E-state index contributed by atoms with van der Waals surface area (Å²) in [6.07, 6.45) is 4.21. The molecule has 1 N–H and O–H groups in total. The molecule has 0 aromatic carbocycles. The molecule has 2 rings (SSSR count). The predicted octanol–water partition coefficient (Wildman–Crippen LogP) is 1.65. The highest BCUT2D eigenvalue weighted by Crippen LogP contribution is 2.20. The van der Waals surface area contributed by atoms with E-state index in [1.165, 1.54) is 30.8 Å².